The highest BCUT2D eigenvalue weighted by atomic mass is 32.1. The van der Waals surface area contributed by atoms with Crippen molar-refractivity contribution in [2.24, 2.45) is 10.8 Å². The summed E-state index contributed by atoms with van der Waals surface area (Å²) < 4.78 is 16.0. The van der Waals surface area contributed by atoms with Crippen LogP contribution in [0.2, 0.25) is 0 Å². The van der Waals surface area contributed by atoms with Crippen LogP contribution >= 0.6 is 24.4 Å². The number of nitrogens with zero attached hydrogens (tertiary/aromatic N) is 8. The Balaban J connectivity index is 1.42. The predicted molar refractivity (Wildman–Crippen MR) is 125 cm³/mol. The third-order valence-corrected chi connectivity index (χ3v) is 6.00. The molecule has 3 unspecified atom stereocenters. The normalized spacial score (nSPS) is 23.2. The van der Waals surface area contributed by atoms with Gasteiger partial charge in [-0.1, -0.05) is 30.3 Å². The molecule has 1 aromatic carbocycles. The fourth-order valence-electron chi connectivity index (χ4n) is 3.95. The topological polar surface area (TPSA) is 135 Å². The van der Waals surface area contributed by atoms with Crippen molar-refractivity contribution in [1.82, 2.24) is 40.0 Å². The number of hydrogen-bond acceptors (Lipinski definition) is 9. The van der Waals surface area contributed by atoms with Crippen LogP contribution in [0.1, 0.15) is 25.2 Å². The van der Waals surface area contributed by atoms with Gasteiger partial charge in [-0.15, -0.1) is 10.2 Å². The highest BCUT2D eigenvalue weighted by molar-refractivity contribution is 7.80. The molecule has 4 heterocycles. The molecule has 5 rings (SSSR count). The van der Waals surface area contributed by atoms with Gasteiger partial charge < -0.3 is 19.8 Å². The zero-order chi connectivity index (χ0) is 22.9. The van der Waals surface area contributed by atoms with E-state index in [0.717, 1.165) is 11.4 Å². The van der Waals surface area contributed by atoms with E-state index < -0.39 is 6.29 Å². The number of thiocarbonyl (C=S) groups is 1. The Morgan fingerprint density at radius 1 is 1.30 bits per heavy atom. The minimum Gasteiger partial charge on any atom is -0.375 e. The van der Waals surface area contributed by atoms with E-state index >= 15 is 0 Å². The number of rotatable bonds is 6. The van der Waals surface area contributed by atoms with Gasteiger partial charge in [-0.05, 0) is 36.6 Å². The van der Waals surface area contributed by atoms with Crippen LogP contribution < -0.4 is 11.2 Å². The lowest BCUT2D eigenvalue weighted by Gasteiger charge is -2.28. The molecule has 0 amide bonds. The van der Waals surface area contributed by atoms with Gasteiger partial charge in [0.15, 0.2) is 22.0 Å². The van der Waals surface area contributed by atoms with Crippen LogP contribution in [0.4, 0.5) is 0 Å². The van der Waals surface area contributed by atoms with Crippen molar-refractivity contribution in [1.29, 1.82) is 0 Å². The van der Waals surface area contributed by atoms with Crippen LogP contribution in [0, 0.1) is 4.77 Å². The van der Waals surface area contributed by atoms with Crippen molar-refractivity contribution in [3.63, 3.8) is 0 Å². The van der Waals surface area contributed by atoms with Crippen molar-refractivity contribution >= 4 is 35.3 Å². The zero-order valence-electron chi connectivity index (χ0n) is 17.7. The van der Waals surface area contributed by atoms with Crippen LogP contribution in [0.25, 0.3) is 11.4 Å². The van der Waals surface area contributed by atoms with Crippen LogP contribution in [0.3, 0.4) is 0 Å². The van der Waals surface area contributed by atoms with Crippen molar-refractivity contribution in [3.05, 3.63) is 40.9 Å². The van der Waals surface area contributed by atoms with E-state index in [1.165, 1.54) is 4.80 Å². The van der Waals surface area contributed by atoms with Gasteiger partial charge in [-0.2, -0.15) is 15.0 Å². The molecular weight excluding hydrogens is 464 g/mol. The molecule has 172 valence electrons. The van der Waals surface area contributed by atoms with Gasteiger partial charge in [-0.25, -0.2) is 4.68 Å². The first kappa shape index (κ1) is 21.8. The molecule has 3 aromatic rings. The van der Waals surface area contributed by atoms with Crippen LogP contribution in [0.15, 0.2) is 35.4 Å². The van der Waals surface area contributed by atoms with Crippen LogP contribution in [-0.4, -0.2) is 64.4 Å². The SMILES string of the molecule is CCn1c(Cn2nnc(-c3ccccc3)n2)nn(C2C/C(=N/NC(N)=S)C3OCC2O3)c1=S. The summed E-state index contributed by atoms with van der Waals surface area (Å²) >= 11 is 10.6. The van der Waals surface area contributed by atoms with E-state index in [4.69, 9.17) is 44.7 Å². The second kappa shape index (κ2) is 9.05. The zero-order valence-corrected chi connectivity index (χ0v) is 19.4. The summed E-state index contributed by atoms with van der Waals surface area (Å²) in [6.07, 6.45) is -0.169. The number of nitrogens with two attached hydrogens (primary N) is 1. The van der Waals surface area contributed by atoms with Gasteiger partial charge in [0.2, 0.25) is 5.82 Å². The average Bonchev–Trinajstić information content (AvgIpc) is 3.53. The lowest BCUT2D eigenvalue weighted by atomic mass is 10.0. The van der Waals surface area contributed by atoms with Gasteiger partial charge in [0.05, 0.1) is 18.4 Å². The summed E-state index contributed by atoms with van der Waals surface area (Å²) in [6.45, 7) is 3.41. The molecule has 0 saturated carbocycles. The molecule has 2 saturated heterocycles. The summed E-state index contributed by atoms with van der Waals surface area (Å²) in [7, 11) is 0. The predicted octanol–water partition coefficient (Wildman–Crippen LogP) is 1.01. The monoisotopic (exact) mass is 486 g/mol. The van der Waals surface area contributed by atoms with E-state index in [1.54, 1.807) is 4.68 Å². The van der Waals surface area contributed by atoms with Crippen LogP contribution in [0.5, 0.6) is 0 Å². The van der Waals surface area contributed by atoms with Gasteiger partial charge in [-0.3, -0.25) is 5.43 Å². The lowest BCUT2D eigenvalue weighted by molar-refractivity contribution is -0.0323. The van der Waals surface area contributed by atoms with Gasteiger partial charge in [0.1, 0.15) is 12.6 Å². The third-order valence-electron chi connectivity index (χ3n) is 5.50. The number of benzene rings is 1. The van der Waals surface area contributed by atoms with Gasteiger partial charge in [0, 0.05) is 18.5 Å². The highest BCUT2D eigenvalue weighted by Crippen LogP contribution is 2.33. The molecule has 2 bridgehead atoms. The number of nitrogens with one attached hydrogen (secondary N) is 1. The first-order chi connectivity index (χ1) is 16.0. The van der Waals surface area contributed by atoms with Crippen LogP contribution in [-0.2, 0) is 22.6 Å². The molecule has 0 radical (unpaired) electrons. The standard InChI is InChI=1S/C19H22N10O2S2/c1-2-27-15(9-28-25-16(22-26-28)11-6-4-3-5-7-11)24-29(19(27)33)13-8-12(21-23-18(20)32)17-30-10-14(13)31-17/h3-7,13-14,17H,2,8-10H2,1H3,(H3,20,23,32)/b21-12-. The van der Waals surface area contributed by atoms with Gasteiger partial charge in [0.25, 0.3) is 0 Å². The first-order valence-corrected chi connectivity index (χ1v) is 11.3. The number of aromatic nitrogens is 7. The average molecular weight is 487 g/mol. The molecule has 2 aromatic heterocycles. The van der Waals surface area contributed by atoms with E-state index in [2.05, 4.69) is 25.9 Å². The molecule has 2 aliphatic heterocycles. The van der Waals surface area contributed by atoms with Gasteiger partial charge >= 0.3 is 0 Å². The molecule has 2 fully saturated rings. The smallest absolute Gasteiger partial charge is 0.204 e. The summed E-state index contributed by atoms with van der Waals surface area (Å²) in [5.41, 5.74) is 9.67. The maximum Gasteiger partial charge on any atom is 0.204 e. The summed E-state index contributed by atoms with van der Waals surface area (Å²) in [5.74, 6) is 1.28. The fourth-order valence-corrected chi connectivity index (χ4v) is 4.41. The number of hydrazone groups is 1. The Bertz CT molecular complexity index is 1250. The third kappa shape index (κ3) is 4.29. The molecule has 3 N–H and O–H groups in total. The number of hydrogen-bond donors (Lipinski definition) is 2. The maximum absolute atomic E-state index is 5.98. The Morgan fingerprint density at radius 2 is 2.12 bits per heavy atom. The maximum atomic E-state index is 5.98. The van der Waals surface area contributed by atoms with Crippen molar-refractivity contribution < 1.29 is 9.47 Å². The van der Waals surface area contributed by atoms with E-state index in [-0.39, 0.29) is 17.3 Å². The second-order valence-electron chi connectivity index (χ2n) is 7.59. The molecule has 14 heteroatoms. The Hall–Kier alpha value is -3.07. The second-order valence-corrected chi connectivity index (χ2v) is 8.39. The minimum absolute atomic E-state index is 0.0727. The summed E-state index contributed by atoms with van der Waals surface area (Å²) in [6, 6.07) is 9.51. The van der Waals surface area contributed by atoms with E-state index in [1.807, 2.05) is 41.8 Å². The molecular formula is C19H22N10O2S2. The molecule has 0 spiro atoms. The number of tetrazole rings is 1. The quantitative estimate of drug-likeness (QED) is 0.384. The molecule has 2 aliphatic rings. The van der Waals surface area contributed by atoms with Crippen molar-refractivity contribution in [3.8, 4) is 11.4 Å². The lowest BCUT2D eigenvalue weighted by Crippen LogP contribution is -2.39. The number of ether oxygens (including phenoxy) is 2. The van der Waals surface area contributed by atoms with E-state index in [0.29, 0.717) is 42.4 Å². The fraction of sp³-hybridized carbons (Fsp3) is 0.421. The highest BCUT2D eigenvalue weighted by Gasteiger charge is 2.44. The largest absolute Gasteiger partial charge is 0.375 e. The Morgan fingerprint density at radius 3 is 2.88 bits per heavy atom. The Kier molecular flexibility index (Phi) is 5.97. The first-order valence-electron chi connectivity index (χ1n) is 10.4. The van der Waals surface area contributed by atoms with E-state index in [9.17, 15) is 0 Å². The molecule has 33 heavy (non-hydrogen) atoms. The molecule has 12 nitrogen and oxygen atoms in total. The number of fused-ring (bicyclic) bond motifs is 2. The molecule has 0 aliphatic carbocycles. The summed E-state index contributed by atoms with van der Waals surface area (Å²) in [4.78, 5) is 1.51. The molecule has 3 atom stereocenters. The van der Waals surface area contributed by atoms with Crippen molar-refractivity contribution in [2.45, 2.75) is 44.9 Å². The summed E-state index contributed by atoms with van der Waals surface area (Å²) in [5, 5.41) is 22.0. The minimum atomic E-state index is -0.522. The van der Waals surface area contributed by atoms with Crippen molar-refractivity contribution in [2.75, 3.05) is 6.61 Å². The Labute approximate surface area is 199 Å².